The minimum Gasteiger partial charge on any atom is -0.382 e. The number of amides is 1. The third-order valence-corrected chi connectivity index (χ3v) is 4.75. The molecule has 6 heteroatoms. The molecule has 0 spiro atoms. The Labute approximate surface area is 118 Å². The molecule has 0 bridgehead atoms. The summed E-state index contributed by atoms with van der Waals surface area (Å²) in [5.74, 6) is 1.10. The summed E-state index contributed by atoms with van der Waals surface area (Å²) in [6, 6.07) is 0. The van der Waals surface area contributed by atoms with Crippen molar-refractivity contribution >= 4 is 28.2 Å². The second-order valence-corrected chi connectivity index (χ2v) is 6.41. The number of nitrogens with zero attached hydrogens (tertiary/aromatic N) is 3. The first-order valence-corrected chi connectivity index (χ1v) is 7.53. The predicted octanol–water partition coefficient (Wildman–Crippen LogP) is 2.05. The quantitative estimate of drug-likeness (QED) is 0.902. The first-order chi connectivity index (χ1) is 8.99. The highest BCUT2D eigenvalue weighted by Gasteiger charge is 2.24. The summed E-state index contributed by atoms with van der Waals surface area (Å²) in [5.41, 5.74) is 5.88. The number of hydrogen-bond donors (Lipinski definition) is 1. The Morgan fingerprint density at radius 2 is 2.16 bits per heavy atom. The van der Waals surface area contributed by atoms with Crippen LogP contribution >= 0.6 is 11.3 Å². The molecule has 0 saturated carbocycles. The van der Waals surface area contributed by atoms with E-state index in [9.17, 15) is 4.79 Å². The molecule has 0 aliphatic carbocycles. The Hall–Kier alpha value is -1.30. The molecule has 1 unspecified atom stereocenters. The van der Waals surface area contributed by atoms with Gasteiger partial charge in [0.15, 0.2) is 5.13 Å². The minimum atomic E-state index is 0.0391. The van der Waals surface area contributed by atoms with E-state index in [1.165, 1.54) is 17.8 Å². The van der Waals surface area contributed by atoms with Gasteiger partial charge in [-0.25, -0.2) is 4.98 Å². The molecule has 5 nitrogen and oxygen atoms in total. The molecule has 2 heterocycles. The molecule has 1 saturated heterocycles. The van der Waals surface area contributed by atoms with Crippen LogP contribution in [0.3, 0.4) is 0 Å². The van der Waals surface area contributed by atoms with Crippen LogP contribution in [0.5, 0.6) is 0 Å². The van der Waals surface area contributed by atoms with E-state index < -0.39 is 0 Å². The number of aromatic nitrogens is 1. The van der Waals surface area contributed by atoms with Crippen molar-refractivity contribution in [2.75, 3.05) is 37.8 Å². The van der Waals surface area contributed by atoms with Crippen molar-refractivity contribution in [3.8, 4) is 0 Å². The Bertz CT molecular complexity index is 457. The van der Waals surface area contributed by atoms with Gasteiger partial charge in [0.25, 0.3) is 5.91 Å². The van der Waals surface area contributed by atoms with Crippen molar-refractivity contribution in [2.24, 2.45) is 5.92 Å². The standard InChI is InChI=1S/C13H22N4OS/c1-9-5-4-7-17(8-6-9)12(18)10-11(14)15-13(19-10)16(2)3/h9H,4-8,14H2,1-3H3. The van der Waals surface area contributed by atoms with Crippen LogP contribution in [-0.4, -0.2) is 43.0 Å². The van der Waals surface area contributed by atoms with Crippen LogP contribution in [0, 0.1) is 5.92 Å². The van der Waals surface area contributed by atoms with Crippen molar-refractivity contribution in [3.63, 3.8) is 0 Å². The van der Waals surface area contributed by atoms with E-state index in [1.54, 1.807) is 0 Å². The maximum atomic E-state index is 12.5. The van der Waals surface area contributed by atoms with E-state index in [4.69, 9.17) is 5.73 Å². The van der Waals surface area contributed by atoms with Gasteiger partial charge in [-0.1, -0.05) is 18.3 Å². The second-order valence-electron chi connectivity index (χ2n) is 5.43. The molecule has 19 heavy (non-hydrogen) atoms. The Morgan fingerprint density at radius 3 is 2.79 bits per heavy atom. The fourth-order valence-corrected chi connectivity index (χ4v) is 3.15. The van der Waals surface area contributed by atoms with Crippen molar-refractivity contribution in [2.45, 2.75) is 26.2 Å². The number of thiazole rings is 1. The summed E-state index contributed by atoms with van der Waals surface area (Å²) < 4.78 is 0. The van der Waals surface area contributed by atoms with Crippen LogP contribution in [0.1, 0.15) is 35.9 Å². The number of nitrogens with two attached hydrogens (primary N) is 1. The molecule has 1 aromatic heterocycles. The lowest BCUT2D eigenvalue weighted by molar-refractivity contribution is 0.0766. The lowest BCUT2D eigenvalue weighted by Gasteiger charge is -2.19. The fraction of sp³-hybridized carbons (Fsp3) is 0.692. The van der Waals surface area contributed by atoms with Gasteiger partial charge in [-0.2, -0.15) is 0 Å². The third kappa shape index (κ3) is 3.18. The van der Waals surface area contributed by atoms with Gasteiger partial charge in [-0.3, -0.25) is 4.79 Å². The zero-order valence-electron chi connectivity index (χ0n) is 11.8. The summed E-state index contributed by atoms with van der Waals surface area (Å²) in [7, 11) is 3.81. The van der Waals surface area contributed by atoms with Gasteiger partial charge in [0.2, 0.25) is 0 Å². The molecule has 1 aromatic rings. The summed E-state index contributed by atoms with van der Waals surface area (Å²) in [6.07, 6.45) is 3.35. The molecule has 1 fully saturated rings. The van der Waals surface area contributed by atoms with Gasteiger partial charge in [-0.05, 0) is 25.2 Å². The molecule has 2 N–H and O–H groups in total. The molecule has 2 rings (SSSR count). The van der Waals surface area contributed by atoms with Crippen molar-refractivity contribution < 1.29 is 4.79 Å². The number of nitrogen functional groups attached to an aromatic ring is 1. The van der Waals surface area contributed by atoms with E-state index in [2.05, 4.69) is 11.9 Å². The maximum absolute atomic E-state index is 12.5. The fourth-order valence-electron chi connectivity index (χ4n) is 2.27. The van der Waals surface area contributed by atoms with Crippen LogP contribution in [0.2, 0.25) is 0 Å². The minimum absolute atomic E-state index is 0.0391. The van der Waals surface area contributed by atoms with E-state index in [0.717, 1.165) is 31.1 Å². The molecule has 1 amide bonds. The van der Waals surface area contributed by atoms with E-state index in [0.29, 0.717) is 16.6 Å². The number of likely N-dealkylation sites (tertiary alicyclic amines) is 1. The zero-order chi connectivity index (χ0) is 14.0. The number of anilines is 2. The highest BCUT2D eigenvalue weighted by atomic mass is 32.1. The Kier molecular flexibility index (Phi) is 4.29. The lowest BCUT2D eigenvalue weighted by atomic mass is 10.0. The second kappa shape index (κ2) is 5.77. The number of carbonyl (C=O) groups excluding carboxylic acids is 1. The molecular formula is C13H22N4OS. The third-order valence-electron chi connectivity index (χ3n) is 3.52. The number of rotatable bonds is 2. The predicted molar refractivity (Wildman–Crippen MR) is 79.8 cm³/mol. The zero-order valence-corrected chi connectivity index (χ0v) is 12.7. The van der Waals surface area contributed by atoms with Crippen molar-refractivity contribution in [1.82, 2.24) is 9.88 Å². The van der Waals surface area contributed by atoms with Crippen LogP contribution in [-0.2, 0) is 0 Å². The molecule has 1 aliphatic rings. The monoisotopic (exact) mass is 282 g/mol. The van der Waals surface area contributed by atoms with E-state index in [-0.39, 0.29) is 5.91 Å². The van der Waals surface area contributed by atoms with E-state index >= 15 is 0 Å². The molecule has 0 aromatic carbocycles. The van der Waals surface area contributed by atoms with Crippen LogP contribution in [0.15, 0.2) is 0 Å². The summed E-state index contributed by atoms with van der Waals surface area (Å²) >= 11 is 1.38. The summed E-state index contributed by atoms with van der Waals surface area (Å²) in [4.78, 5) is 21.1. The summed E-state index contributed by atoms with van der Waals surface area (Å²) in [5, 5.41) is 0.782. The van der Waals surface area contributed by atoms with Gasteiger partial charge in [0, 0.05) is 27.2 Å². The topological polar surface area (TPSA) is 62.5 Å². The van der Waals surface area contributed by atoms with Crippen LogP contribution < -0.4 is 10.6 Å². The van der Waals surface area contributed by atoms with E-state index in [1.807, 2.05) is 23.9 Å². The average Bonchev–Trinajstić information content (AvgIpc) is 2.61. The Balaban J connectivity index is 2.14. The number of carbonyl (C=O) groups is 1. The van der Waals surface area contributed by atoms with Crippen LogP contribution in [0.25, 0.3) is 0 Å². The largest absolute Gasteiger partial charge is 0.382 e. The molecule has 1 aliphatic heterocycles. The molecular weight excluding hydrogens is 260 g/mol. The number of hydrogen-bond acceptors (Lipinski definition) is 5. The van der Waals surface area contributed by atoms with Gasteiger partial charge in [0.05, 0.1) is 0 Å². The van der Waals surface area contributed by atoms with Crippen molar-refractivity contribution in [1.29, 1.82) is 0 Å². The maximum Gasteiger partial charge on any atom is 0.267 e. The lowest BCUT2D eigenvalue weighted by Crippen LogP contribution is -2.31. The average molecular weight is 282 g/mol. The van der Waals surface area contributed by atoms with Gasteiger partial charge in [-0.15, -0.1) is 0 Å². The first-order valence-electron chi connectivity index (χ1n) is 6.72. The first kappa shape index (κ1) is 14.1. The normalized spacial score (nSPS) is 20.2. The molecule has 0 radical (unpaired) electrons. The van der Waals surface area contributed by atoms with Gasteiger partial charge in [0.1, 0.15) is 10.7 Å². The van der Waals surface area contributed by atoms with Crippen LogP contribution in [0.4, 0.5) is 10.9 Å². The van der Waals surface area contributed by atoms with Gasteiger partial charge < -0.3 is 15.5 Å². The molecule has 1 atom stereocenters. The highest BCUT2D eigenvalue weighted by molar-refractivity contribution is 7.18. The summed E-state index contributed by atoms with van der Waals surface area (Å²) in [6.45, 7) is 3.91. The Morgan fingerprint density at radius 1 is 1.42 bits per heavy atom. The SMILES string of the molecule is CC1CCCN(C(=O)c2sc(N(C)C)nc2N)CC1. The highest BCUT2D eigenvalue weighted by Crippen LogP contribution is 2.29. The van der Waals surface area contributed by atoms with Crippen molar-refractivity contribution in [3.05, 3.63) is 4.88 Å². The molecule has 106 valence electrons. The smallest absolute Gasteiger partial charge is 0.267 e. The van der Waals surface area contributed by atoms with Gasteiger partial charge >= 0.3 is 0 Å².